The van der Waals surface area contributed by atoms with Crippen LogP contribution in [0.3, 0.4) is 0 Å². The van der Waals surface area contributed by atoms with Crippen LogP contribution in [0, 0.1) is 0 Å². The van der Waals surface area contributed by atoms with Gasteiger partial charge in [0.1, 0.15) is 12.7 Å². The molecule has 0 aromatic carbocycles. The highest BCUT2D eigenvalue weighted by molar-refractivity contribution is 7.99. The molecule has 0 aliphatic rings. The van der Waals surface area contributed by atoms with Crippen molar-refractivity contribution in [3.8, 4) is 0 Å². The number of nitrogens with one attached hydrogen (secondary N) is 1. The van der Waals surface area contributed by atoms with E-state index < -0.39 is 0 Å². The first-order valence-electron chi connectivity index (χ1n) is 5.42. The SMILES string of the molecule is CCCSCC(=O)NC(C)Cn1cncn1. The average molecular weight is 242 g/mol. The van der Waals surface area contributed by atoms with Crippen LogP contribution in [-0.2, 0) is 11.3 Å². The highest BCUT2D eigenvalue weighted by atomic mass is 32.2. The van der Waals surface area contributed by atoms with Crippen LogP contribution < -0.4 is 5.32 Å². The molecule has 90 valence electrons. The van der Waals surface area contributed by atoms with E-state index in [2.05, 4.69) is 22.3 Å². The van der Waals surface area contributed by atoms with Crippen LogP contribution >= 0.6 is 11.8 Å². The molecule has 0 aliphatic carbocycles. The lowest BCUT2D eigenvalue weighted by Crippen LogP contribution is -2.36. The lowest BCUT2D eigenvalue weighted by atomic mass is 10.3. The largest absolute Gasteiger partial charge is 0.351 e. The zero-order valence-electron chi connectivity index (χ0n) is 9.72. The summed E-state index contributed by atoms with van der Waals surface area (Å²) >= 11 is 1.66. The Hall–Kier alpha value is -1.04. The van der Waals surface area contributed by atoms with Gasteiger partial charge in [0.15, 0.2) is 0 Å². The minimum atomic E-state index is 0.0800. The monoisotopic (exact) mass is 242 g/mol. The molecule has 1 unspecified atom stereocenters. The van der Waals surface area contributed by atoms with Crippen molar-refractivity contribution in [2.24, 2.45) is 0 Å². The van der Waals surface area contributed by atoms with Gasteiger partial charge in [-0.15, -0.1) is 0 Å². The normalized spacial score (nSPS) is 12.4. The van der Waals surface area contributed by atoms with Crippen molar-refractivity contribution >= 4 is 17.7 Å². The molecule has 1 amide bonds. The van der Waals surface area contributed by atoms with Gasteiger partial charge in [0.25, 0.3) is 0 Å². The molecule has 1 aromatic rings. The number of hydrogen-bond acceptors (Lipinski definition) is 4. The molecule has 1 atom stereocenters. The predicted molar refractivity (Wildman–Crippen MR) is 65.2 cm³/mol. The zero-order valence-corrected chi connectivity index (χ0v) is 10.5. The third-order valence-corrected chi connectivity index (χ3v) is 3.08. The van der Waals surface area contributed by atoms with Crippen LogP contribution in [0.5, 0.6) is 0 Å². The van der Waals surface area contributed by atoms with E-state index in [1.807, 2.05) is 6.92 Å². The maximum Gasteiger partial charge on any atom is 0.230 e. The molecule has 1 aromatic heterocycles. The Bertz CT molecular complexity index is 302. The van der Waals surface area contributed by atoms with Crippen molar-refractivity contribution in [2.75, 3.05) is 11.5 Å². The van der Waals surface area contributed by atoms with Gasteiger partial charge in [0.2, 0.25) is 5.91 Å². The third kappa shape index (κ3) is 5.16. The second-order valence-electron chi connectivity index (χ2n) is 3.64. The van der Waals surface area contributed by atoms with Gasteiger partial charge >= 0.3 is 0 Å². The van der Waals surface area contributed by atoms with Gasteiger partial charge < -0.3 is 5.32 Å². The van der Waals surface area contributed by atoms with Crippen molar-refractivity contribution in [3.05, 3.63) is 12.7 Å². The fraction of sp³-hybridized carbons (Fsp3) is 0.700. The standard InChI is InChI=1S/C10H18N4OS/c1-3-4-16-6-10(15)13-9(2)5-14-8-11-7-12-14/h7-9H,3-6H2,1-2H3,(H,13,15). The topological polar surface area (TPSA) is 59.8 Å². The van der Waals surface area contributed by atoms with Gasteiger partial charge in [-0.2, -0.15) is 16.9 Å². The average Bonchev–Trinajstić information content (AvgIpc) is 2.70. The second kappa shape index (κ2) is 7.27. The predicted octanol–water partition coefficient (Wildman–Crippen LogP) is 0.926. The lowest BCUT2D eigenvalue weighted by molar-refractivity contribution is -0.119. The van der Waals surface area contributed by atoms with Crippen molar-refractivity contribution in [1.29, 1.82) is 0 Å². The molecule has 0 fully saturated rings. The number of amides is 1. The maximum atomic E-state index is 11.5. The Kier molecular flexibility index (Phi) is 5.92. The summed E-state index contributed by atoms with van der Waals surface area (Å²) in [5.41, 5.74) is 0. The maximum absolute atomic E-state index is 11.5. The number of carbonyl (C=O) groups is 1. The summed E-state index contributed by atoms with van der Waals surface area (Å²) in [5.74, 6) is 1.66. The smallest absolute Gasteiger partial charge is 0.230 e. The molecule has 0 aliphatic heterocycles. The van der Waals surface area contributed by atoms with E-state index in [0.29, 0.717) is 12.3 Å². The molecule has 0 saturated heterocycles. The van der Waals surface area contributed by atoms with Crippen LogP contribution in [0.2, 0.25) is 0 Å². The zero-order chi connectivity index (χ0) is 11.8. The van der Waals surface area contributed by atoms with Gasteiger partial charge in [-0.05, 0) is 19.1 Å². The molecular weight excluding hydrogens is 224 g/mol. The number of rotatable bonds is 7. The van der Waals surface area contributed by atoms with E-state index in [1.165, 1.54) is 6.33 Å². The van der Waals surface area contributed by atoms with E-state index >= 15 is 0 Å². The number of carbonyl (C=O) groups excluding carboxylic acids is 1. The molecule has 0 saturated carbocycles. The molecule has 0 spiro atoms. The molecular formula is C10H18N4OS. The van der Waals surface area contributed by atoms with E-state index in [1.54, 1.807) is 22.8 Å². The molecule has 0 radical (unpaired) electrons. The third-order valence-electron chi connectivity index (χ3n) is 1.92. The summed E-state index contributed by atoms with van der Waals surface area (Å²) < 4.78 is 1.71. The molecule has 1 heterocycles. The molecule has 1 N–H and O–H groups in total. The number of aromatic nitrogens is 3. The molecule has 6 heteroatoms. The van der Waals surface area contributed by atoms with Crippen molar-refractivity contribution in [1.82, 2.24) is 20.1 Å². The molecule has 16 heavy (non-hydrogen) atoms. The summed E-state index contributed by atoms with van der Waals surface area (Å²) in [6.45, 7) is 4.73. The summed E-state index contributed by atoms with van der Waals surface area (Å²) in [7, 11) is 0. The van der Waals surface area contributed by atoms with E-state index in [4.69, 9.17) is 0 Å². The Morgan fingerprint density at radius 3 is 3.06 bits per heavy atom. The Balaban J connectivity index is 2.18. The molecule has 5 nitrogen and oxygen atoms in total. The van der Waals surface area contributed by atoms with Gasteiger partial charge in [0, 0.05) is 6.04 Å². The fourth-order valence-corrected chi connectivity index (χ4v) is 1.98. The summed E-state index contributed by atoms with van der Waals surface area (Å²) in [6, 6.07) is 0.0800. The first kappa shape index (κ1) is 13.0. The van der Waals surface area contributed by atoms with E-state index in [-0.39, 0.29) is 11.9 Å². The van der Waals surface area contributed by atoms with Crippen LogP contribution in [0.25, 0.3) is 0 Å². The minimum absolute atomic E-state index is 0.0800. The summed E-state index contributed by atoms with van der Waals surface area (Å²) in [6.07, 6.45) is 4.24. The van der Waals surface area contributed by atoms with E-state index in [9.17, 15) is 4.79 Å². The second-order valence-corrected chi connectivity index (χ2v) is 4.74. The first-order valence-corrected chi connectivity index (χ1v) is 6.57. The van der Waals surface area contributed by atoms with Gasteiger partial charge in [-0.1, -0.05) is 6.92 Å². The van der Waals surface area contributed by atoms with E-state index in [0.717, 1.165) is 12.2 Å². The number of hydrogen-bond donors (Lipinski definition) is 1. The van der Waals surface area contributed by atoms with Gasteiger partial charge in [-0.3, -0.25) is 9.48 Å². The van der Waals surface area contributed by atoms with Gasteiger partial charge in [0.05, 0.1) is 12.3 Å². The van der Waals surface area contributed by atoms with Crippen LogP contribution in [0.1, 0.15) is 20.3 Å². The van der Waals surface area contributed by atoms with Crippen molar-refractivity contribution in [3.63, 3.8) is 0 Å². The van der Waals surface area contributed by atoms with Crippen molar-refractivity contribution in [2.45, 2.75) is 32.9 Å². The summed E-state index contributed by atoms with van der Waals surface area (Å²) in [5, 5.41) is 6.92. The minimum Gasteiger partial charge on any atom is -0.351 e. The fourth-order valence-electron chi connectivity index (χ4n) is 1.28. The number of nitrogens with zero attached hydrogens (tertiary/aromatic N) is 3. The highest BCUT2D eigenvalue weighted by Gasteiger charge is 2.07. The molecule has 1 rings (SSSR count). The Morgan fingerprint density at radius 2 is 2.44 bits per heavy atom. The summed E-state index contributed by atoms with van der Waals surface area (Å²) in [4.78, 5) is 15.3. The van der Waals surface area contributed by atoms with Crippen molar-refractivity contribution < 1.29 is 4.79 Å². The van der Waals surface area contributed by atoms with Crippen LogP contribution in [0.15, 0.2) is 12.7 Å². The quantitative estimate of drug-likeness (QED) is 0.723. The van der Waals surface area contributed by atoms with Crippen LogP contribution in [0.4, 0.5) is 0 Å². The first-order chi connectivity index (χ1) is 7.72. The number of thioether (sulfide) groups is 1. The molecule has 0 bridgehead atoms. The highest BCUT2D eigenvalue weighted by Crippen LogP contribution is 2.01. The lowest BCUT2D eigenvalue weighted by Gasteiger charge is -2.13. The Morgan fingerprint density at radius 1 is 1.62 bits per heavy atom. The van der Waals surface area contributed by atoms with Gasteiger partial charge in [-0.25, -0.2) is 4.98 Å². The van der Waals surface area contributed by atoms with Crippen LogP contribution in [-0.4, -0.2) is 38.2 Å². The Labute approximate surface area is 100 Å².